The minimum absolute atomic E-state index is 0.000433. The molecule has 1 atom stereocenters. The Balaban J connectivity index is 1.59. The Bertz CT molecular complexity index is 1610. The number of alkyl halides is 3. The first-order valence-corrected chi connectivity index (χ1v) is 14.1. The zero-order chi connectivity index (χ0) is 33.6. The van der Waals surface area contributed by atoms with Crippen molar-refractivity contribution in [2.75, 3.05) is 50.0 Å². The molecule has 3 amide bonds. The first-order chi connectivity index (χ1) is 21.8. The second-order valence-corrected chi connectivity index (χ2v) is 10.6. The first-order valence-electron chi connectivity index (χ1n) is 14.1. The Hall–Kier alpha value is -5.11. The Morgan fingerprint density at radius 3 is 2.35 bits per heavy atom. The molecule has 0 aliphatic carbocycles. The van der Waals surface area contributed by atoms with E-state index in [0.29, 0.717) is 11.3 Å². The summed E-state index contributed by atoms with van der Waals surface area (Å²) in [7, 11) is 6.38. The molecule has 1 heterocycles. The normalized spacial score (nSPS) is 14.4. The van der Waals surface area contributed by atoms with E-state index in [1.54, 1.807) is 18.2 Å². The minimum atomic E-state index is -4.47. The summed E-state index contributed by atoms with van der Waals surface area (Å²) >= 11 is 0. The van der Waals surface area contributed by atoms with Gasteiger partial charge in [-0.15, -0.1) is 0 Å². The quantitative estimate of drug-likeness (QED) is 0.287. The van der Waals surface area contributed by atoms with Crippen LogP contribution < -0.4 is 25.2 Å². The number of likely N-dealkylation sites (N-methyl/N-ethyl adjacent to an activating group) is 1. The largest absolute Gasteiger partial charge is 0.469 e. The highest BCUT2D eigenvalue weighted by atomic mass is 19.4. The van der Waals surface area contributed by atoms with Crippen molar-refractivity contribution >= 4 is 40.8 Å². The maximum atomic E-state index is 13.2. The molecule has 0 saturated heterocycles. The smallest absolute Gasteiger partial charge is 0.416 e. The molecule has 0 spiro atoms. The number of carbonyl (C=O) groups is 4. The summed E-state index contributed by atoms with van der Waals surface area (Å²) in [5.74, 6) is -1.73. The number of nitrogens with zero attached hydrogens (tertiary/aromatic N) is 2. The van der Waals surface area contributed by atoms with Gasteiger partial charge in [0, 0.05) is 39.3 Å². The number of hydrogen-bond acceptors (Lipinski definition) is 8. The number of benzene rings is 3. The molecule has 11 nitrogen and oxygen atoms in total. The van der Waals surface area contributed by atoms with Gasteiger partial charge in [-0.05, 0) is 48.4 Å². The zero-order valence-corrected chi connectivity index (χ0v) is 25.6. The molecule has 1 aliphatic rings. The third kappa shape index (κ3) is 8.33. The molecule has 0 bridgehead atoms. The molecule has 3 aromatic rings. The van der Waals surface area contributed by atoms with Crippen LogP contribution in [0.4, 0.5) is 30.2 Å². The molecule has 0 aromatic heterocycles. The zero-order valence-electron chi connectivity index (χ0n) is 25.6. The molecule has 3 aromatic carbocycles. The fraction of sp³-hybridized carbons (Fsp3) is 0.312. The Morgan fingerprint density at radius 1 is 0.978 bits per heavy atom. The molecule has 2 N–H and O–H groups in total. The van der Waals surface area contributed by atoms with Crippen molar-refractivity contribution in [3.8, 4) is 11.5 Å². The number of fused-ring (bicyclic) bond motifs is 1. The van der Waals surface area contributed by atoms with Gasteiger partial charge in [0.25, 0.3) is 11.8 Å². The number of halogens is 3. The highest BCUT2D eigenvalue weighted by molar-refractivity contribution is 6.11. The van der Waals surface area contributed by atoms with E-state index in [-0.39, 0.29) is 42.1 Å². The maximum absolute atomic E-state index is 13.2. The maximum Gasteiger partial charge on any atom is 0.416 e. The van der Waals surface area contributed by atoms with E-state index in [1.807, 2.05) is 25.1 Å². The summed E-state index contributed by atoms with van der Waals surface area (Å²) in [6, 6.07) is 13.3. The second kappa shape index (κ2) is 14.3. The van der Waals surface area contributed by atoms with E-state index < -0.39 is 48.1 Å². The number of hydrogen-bond donors (Lipinski definition) is 2. The van der Waals surface area contributed by atoms with E-state index in [9.17, 15) is 32.3 Å². The Labute approximate surface area is 263 Å². The third-order valence-electron chi connectivity index (χ3n) is 7.16. The van der Waals surface area contributed by atoms with Crippen LogP contribution in [0.25, 0.3) is 0 Å². The predicted octanol–water partition coefficient (Wildman–Crippen LogP) is 4.75. The molecule has 0 radical (unpaired) electrons. The van der Waals surface area contributed by atoms with Crippen molar-refractivity contribution in [1.29, 1.82) is 0 Å². The summed E-state index contributed by atoms with van der Waals surface area (Å²) in [4.78, 5) is 54.2. The van der Waals surface area contributed by atoms with E-state index in [2.05, 4.69) is 15.4 Å². The van der Waals surface area contributed by atoms with Gasteiger partial charge in [0.1, 0.15) is 18.4 Å². The number of nitrogens with one attached hydrogen (secondary N) is 2. The van der Waals surface area contributed by atoms with Gasteiger partial charge in [0.15, 0.2) is 5.75 Å². The number of anilines is 3. The van der Waals surface area contributed by atoms with Gasteiger partial charge in [0.05, 0.1) is 36.2 Å². The fourth-order valence-corrected chi connectivity index (χ4v) is 4.52. The molecule has 1 aliphatic heterocycles. The van der Waals surface area contributed by atoms with Crippen molar-refractivity contribution in [3.05, 3.63) is 77.4 Å². The Kier molecular flexibility index (Phi) is 10.5. The van der Waals surface area contributed by atoms with Crippen molar-refractivity contribution in [2.45, 2.75) is 31.7 Å². The lowest BCUT2D eigenvalue weighted by Crippen LogP contribution is -2.41. The van der Waals surface area contributed by atoms with Crippen molar-refractivity contribution < 1.29 is 46.6 Å². The summed E-state index contributed by atoms with van der Waals surface area (Å²) < 4.78 is 54.9. The van der Waals surface area contributed by atoms with Crippen LogP contribution in [-0.4, -0.2) is 64.6 Å². The average molecular weight is 643 g/mol. The van der Waals surface area contributed by atoms with Gasteiger partial charge in [-0.2, -0.15) is 13.2 Å². The van der Waals surface area contributed by atoms with Crippen molar-refractivity contribution in [2.24, 2.45) is 0 Å². The number of rotatable bonds is 11. The van der Waals surface area contributed by atoms with E-state index in [4.69, 9.17) is 9.47 Å². The fourth-order valence-electron chi connectivity index (χ4n) is 4.52. The molecule has 4 rings (SSSR count). The molecule has 244 valence electrons. The Morgan fingerprint density at radius 2 is 1.70 bits per heavy atom. The van der Waals surface area contributed by atoms with Crippen LogP contribution in [0.2, 0.25) is 0 Å². The highest BCUT2D eigenvalue weighted by Gasteiger charge is 2.31. The summed E-state index contributed by atoms with van der Waals surface area (Å²) in [6.45, 7) is -0.557. The van der Waals surface area contributed by atoms with Crippen LogP contribution in [0.15, 0.2) is 60.7 Å². The van der Waals surface area contributed by atoms with Crippen LogP contribution >= 0.6 is 0 Å². The van der Waals surface area contributed by atoms with Crippen LogP contribution in [0.1, 0.15) is 34.3 Å². The van der Waals surface area contributed by atoms with Crippen molar-refractivity contribution in [3.63, 3.8) is 0 Å². The van der Waals surface area contributed by atoms with Crippen LogP contribution in [0.5, 0.6) is 11.5 Å². The lowest BCUT2D eigenvalue weighted by Gasteiger charge is -2.23. The van der Waals surface area contributed by atoms with Crippen molar-refractivity contribution in [1.82, 2.24) is 5.32 Å². The van der Waals surface area contributed by atoms with E-state index in [0.717, 1.165) is 17.8 Å². The number of carbonyl (C=O) groups excluding carboxylic acids is 4. The second-order valence-electron chi connectivity index (χ2n) is 10.6. The molecule has 0 saturated carbocycles. The van der Waals surface area contributed by atoms with Gasteiger partial charge in [-0.3, -0.25) is 19.2 Å². The molecular weight excluding hydrogens is 609 g/mol. The molecule has 0 fully saturated rings. The van der Waals surface area contributed by atoms with Gasteiger partial charge in [-0.25, -0.2) is 0 Å². The number of ether oxygens (including phenoxy) is 3. The van der Waals surface area contributed by atoms with Crippen LogP contribution in [-0.2, 0) is 36.6 Å². The SMILES string of the molecule is COC(=O)CC[C@H]1NC(=O)c2cc(Oc3cccc(N(C)C)c3)c(N(C)C(=O)COCc3ccc(C(F)(F)F)cc3)cc2NC1=O. The van der Waals surface area contributed by atoms with E-state index in [1.165, 1.54) is 43.3 Å². The van der Waals surface area contributed by atoms with Gasteiger partial charge in [0.2, 0.25) is 5.91 Å². The van der Waals surface area contributed by atoms with Crippen LogP contribution in [0, 0.1) is 0 Å². The molecule has 46 heavy (non-hydrogen) atoms. The number of amides is 3. The lowest BCUT2D eigenvalue weighted by atomic mass is 10.1. The summed E-state index contributed by atoms with van der Waals surface area (Å²) in [6.07, 6.45) is -4.57. The molecule has 0 unspecified atom stereocenters. The predicted molar refractivity (Wildman–Crippen MR) is 163 cm³/mol. The van der Waals surface area contributed by atoms with E-state index >= 15 is 0 Å². The first kappa shape index (κ1) is 33.8. The summed E-state index contributed by atoms with van der Waals surface area (Å²) in [5, 5.41) is 5.31. The highest BCUT2D eigenvalue weighted by Crippen LogP contribution is 2.38. The van der Waals surface area contributed by atoms with Crippen LogP contribution in [0.3, 0.4) is 0 Å². The standard InChI is InChI=1S/C32H33F3N4O7/c1-38(2)21-6-5-7-22(14-21)46-27-15-23-25(37-31(43)24(36-30(23)42)12-13-29(41)44-4)16-26(27)39(3)28(40)18-45-17-19-8-10-20(11-9-19)32(33,34)35/h5-11,14-16,24H,12-13,17-18H2,1-4H3,(H,36,42)(H,37,43)/t24-/m1/s1. The number of esters is 1. The van der Waals surface area contributed by atoms with Gasteiger partial charge >= 0.3 is 12.1 Å². The monoisotopic (exact) mass is 642 g/mol. The number of methoxy groups -OCH3 is 1. The summed E-state index contributed by atoms with van der Waals surface area (Å²) in [5.41, 5.74) is 0.837. The topological polar surface area (TPSA) is 127 Å². The molecule has 14 heteroatoms. The van der Waals surface area contributed by atoms with Gasteiger partial charge < -0.3 is 34.6 Å². The average Bonchev–Trinajstić information content (AvgIpc) is 3.13. The minimum Gasteiger partial charge on any atom is -0.469 e. The lowest BCUT2D eigenvalue weighted by molar-refractivity contribution is -0.141. The molecular formula is C32H33F3N4O7. The third-order valence-corrected chi connectivity index (χ3v) is 7.16. The van der Waals surface area contributed by atoms with Gasteiger partial charge in [-0.1, -0.05) is 18.2 Å².